The van der Waals surface area contributed by atoms with Crippen LogP contribution in [0.1, 0.15) is 6.42 Å². The Balaban J connectivity index is -0.000000405. The third kappa shape index (κ3) is 12.6. The maximum atomic E-state index is 10.6. The van der Waals surface area contributed by atoms with E-state index in [2.05, 4.69) is 10.1 Å². The fourth-order valence-electron chi connectivity index (χ4n) is 0.512. The summed E-state index contributed by atoms with van der Waals surface area (Å²) in [7, 11) is 1.49. The lowest BCUT2D eigenvalue weighted by atomic mass is 10.4. The van der Waals surface area contributed by atoms with E-state index in [1.54, 1.807) is 0 Å². The summed E-state index contributed by atoms with van der Waals surface area (Å²) in [6.07, 6.45) is 0.815. The van der Waals surface area contributed by atoms with Crippen LogP contribution >= 0.6 is 24.8 Å². The highest BCUT2D eigenvalue weighted by Gasteiger charge is 1.95. The lowest BCUT2D eigenvalue weighted by molar-refractivity contribution is -0.124. The van der Waals surface area contributed by atoms with Crippen molar-refractivity contribution in [2.24, 2.45) is 5.73 Å². The van der Waals surface area contributed by atoms with E-state index in [1.165, 1.54) is 7.11 Å². The molecule has 76 valence electrons. The Morgan fingerprint density at radius 3 is 2.50 bits per heavy atom. The topological polar surface area (TPSA) is 64.3 Å². The Labute approximate surface area is 85.0 Å². The van der Waals surface area contributed by atoms with Gasteiger partial charge >= 0.3 is 0 Å². The van der Waals surface area contributed by atoms with Crippen molar-refractivity contribution in [2.75, 3.05) is 26.8 Å². The van der Waals surface area contributed by atoms with Gasteiger partial charge in [-0.3, -0.25) is 4.79 Å². The summed E-state index contributed by atoms with van der Waals surface area (Å²) in [5.41, 5.74) is 5.21. The highest BCUT2D eigenvalue weighted by Crippen LogP contribution is 1.72. The molecule has 0 heterocycles. The van der Waals surface area contributed by atoms with Crippen LogP contribution < -0.4 is 11.1 Å². The minimum atomic E-state index is -0.0871. The maximum absolute atomic E-state index is 10.6. The highest BCUT2D eigenvalue weighted by atomic mass is 35.5. The Morgan fingerprint density at radius 2 is 2.08 bits per heavy atom. The van der Waals surface area contributed by atoms with Gasteiger partial charge in [-0.15, -0.1) is 24.8 Å². The number of halogens is 2. The van der Waals surface area contributed by atoms with Gasteiger partial charge < -0.3 is 15.8 Å². The van der Waals surface area contributed by atoms with E-state index in [-0.39, 0.29) is 37.3 Å². The molecule has 0 saturated heterocycles. The zero-order valence-corrected chi connectivity index (χ0v) is 8.67. The van der Waals surface area contributed by atoms with Gasteiger partial charge in [0.15, 0.2) is 0 Å². The number of ether oxygens (including phenoxy) is 1. The number of carbonyl (C=O) groups is 1. The van der Waals surface area contributed by atoms with Crippen molar-refractivity contribution >= 4 is 30.7 Å². The molecule has 0 aliphatic carbocycles. The van der Waals surface area contributed by atoms with Gasteiger partial charge in [0.1, 0.15) is 6.61 Å². The molecule has 0 unspecified atom stereocenters. The summed E-state index contributed by atoms with van der Waals surface area (Å²) in [6, 6.07) is 0. The van der Waals surface area contributed by atoms with Gasteiger partial charge in [-0.2, -0.15) is 0 Å². The van der Waals surface area contributed by atoms with Crippen molar-refractivity contribution in [3.05, 3.63) is 0 Å². The molecule has 0 spiro atoms. The van der Waals surface area contributed by atoms with Gasteiger partial charge in [-0.25, -0.2) is 0 Å². The molecule has 6 heteroatoms. The zero-order valence-electron chi connectivity index (χ0n) is 7.04. The quantitative estimate of drug-likeness (QED) is 0.637. The van der Waals surface area contributed by atoms with Crippen molar-refractivity contribution in [3.8, 4) is 0 Å². The van der Waals surface area contributed by atoms with E-state index >= 15 is 0 Å². The summed E-state index contributed by atoms with van der Waals surface area (Å²) in [6.45, 7) is 1.37. The maximum Gasteiger partial charge on any atom is 0.245 e. The van der Waals surface area contributed by atoms with E-state index in [0.29, 0.717) is 13.1 Å². The zero-order chi connectivity index (χ0) is 7.82. The number of hydrogen-bond donors (Lipinski definition) is 2. The molecule has 0 fully saturated rings. The molecule has 0 aromatic heterocycles. The second-order valence-electron chi connectivity index (χ2n) is 1.93. The first-order valence-corrected chi connectivity index (χ1v) is 3.27. The number of methoxy groups -OCH3 is 1. The van der Waals surface area contributed by atoms with Crippen LogP contribution in [0.4, 0.5) is 0 Å². The molecule has 0 radical (unpaired) electrons. The van der Waals surface area contributed by atoms with Crippen molar-refractivity contribution in [1.29, 1.82) is 0 Å². The molecule has 0 aromatic rings. The van der Waals surface area contributed by atoms with Crippen LogP contribution in [0, 0.1) is 0 Å². The lowest BCUT2D eigenvalue weighted by Gasteiger charge is -2.01. The molecule has 0 bridgehead atoms. The SMILES string of the molecule is COCC(=O)NCCCN.Cl.Cl. The van der Waals surface area contributed by atoms with Crippen LogP contribution in [-0.2, 0) is 9.53 Å². The summed E-state index contributed by atoms with van der Waals surface area (Å²) in [4.78, 5) is 10.6. The average Bonchev–Trinajstić information content (AvgIpc) is 1.89. The minimum Gasteiger partial charge on any atom is -0.375 e. The molecule has 12 heavy (non-hydrogen) atoms. The first-order chi connectivity index (χ1) is 4.81. The van der Waals surface area contributed by atoms with Gasteiger partial charge in [0.05, 0.1) is 0 Å². The van der Waals surface area contributed by atoms with E-state index in [9.17, 15) is 4.79 Å². The van der Waals surface area contributed by atoms with Gasteiger partial charge in [0, 0.05) is 13.7 Å². The fraction of sp³-hybridized carbons (Fsp3) is 0.833. The Bertz CT molecular complexity index is 104. The van der Waals surface area contributed by atoms with E-state index in [4.69, 9.17) is 5.73 Å². The number of amides is 1. The molecule has 0 saturated carbocycles. The number of nitrogens with one attached hydrogen (secondary N) is 1. The minimum absolute atomic E-state index is 0. The van der Waals surface area contributed by atoms with Crippen molar-refractivity contribution in [1.82, 2.24) is 5.32 Å². The molecule has 0 aromatic carbocycles. The third-order valence-electron chi connectivity index (χ3n) is 0.979. The Morgan fingerprint density at radius 1 is 1.50 bits per heavy atom. The molecular formula is C6H16Cl2N2O2. The monoisotopic (exact) mass is 218 g/mol. The number of hydrogen-bond acceptors (Lipinski definition) is 3. The van der Waals surface area contributed by atoms with Crippen molar-refractivity contribution in [2.45, 2.75) is 6.42 Å². The lowest BCUT2D eigenvalue weighted by Crippen LogP contribution is -2.29. The normalized spacial score (nSPS) is 7.83. The number of rotatable bonds is 5. The van der Waals surface area contributed by atoms with Crippen LogP contribution in [-0.4, -0.2) is 32.7 Å². The predicted octanol–water partition coefficient (Wildman–Crippen LogP) is -0.0586. The molecule has 1 amide bonds. The van der Waals surface area contributed by atoms with Crippen LogP contribution in [0.2, 0.25) is 0 Å². The van der Waals surface area contributed by atoms with Gasteiger partial charge in [0.25, 0.3) is 0 Å². The molecule has 0 aliphatic rings. The third-order valence-corrected chi connectivity index (χ3v) is 0.979. The van der Waals surface area contributed by atoms with Crippen LogP contribution in [0.3, 0.4) is 0 Å². The van der Waals surface area contributed by atoms with Crippen LogP contribution in [0.15, 0.2) is 0 Å². The van der Waals surface area contributed by atoms with Gasteiger partial charge in [0.2, 0.25) is 5.91 Å². The summed E-state index contributed by atoms with van der Waals surface area (Å²) >= 11 is 0. The predicted molar refractivity (Wildman–Crippen MR) is 53.1 cm³/mol. The van der Waals surface area contributed by atoms with E-state index in [0.717, 1.165) is 6.42 Å². The first-order valence-electron chi connectivity index (χ1n) is 3.27. The molecule has 0 aliphatic heterocycles. The van der Waals surface area contributed by atoms with Gasteiger partial charge in [-0.05, 0) is 13.0 Å². The molecule has 3 N–H and O–H groups in total. The van der Waals surface area contributed by atoms with Crippen LogP contribution in [0.25, 0.3) is 0 Å². The second kappa shape index (κ2) is 13.6. The summed E-state index contributed by atoms with van der Waals surface area (Å²) in [5.74, 6) is -0.0871. The fourth-order valence-corrected chi connectivity index (χ4v) is 0.512. The smallest absolute Gasteiger partial charge is 0.245 e. The molecule has 0 atom stereocenters. The molecule has 4 nitrogen and oxygen atoms in total. The van der Waals surface area contributed by atoms with Crippen molar-refractivity contribution in [3.63, 3.8) is 0 Å². The number of carbonyl (C=O) groups excluding carboxylic acids is 1. The summed E-state index contributed by atoms with van der Waals surface area (Å²) < 4.78 is 4.59. The Kier molecular flexibility index (Phi) is 20.2. The number of nitrogens with two attached hydrogens (primary N) is 1. The first kappa shape index (κ1) is 17.9. The van der Waals surface area contributed by atoms with E-state index < -0.39 is 0 Å². The standard InChI is InChI=1S/C6H14N2O2.2ClH/c1-10-5-6(9)8-4-2-3-7;;/h2-5,7H2,1H3,(H,8,9);2*1H. The van der Waals surface area contributed by atoms with Gasteiger partial charge in [-0.1, -0.05) is 0 Å². The largest absolute Gasteiger partial charge is 0.375 e. The average molecular weight is 219 g/mol. The molecule has 0 rings (SSSR count). The molecular weight excluding hydrogens is 203 g/mol. The van der Waals surface area contributed by atoms with Crippen LogP contribution in [0.5, 0.6) is 0 Å². The highest BCUT2D eigenvalue weighted by molar-refractivity contribution is 5.85. The second-order valence-corrected chi connectivity index (χ2v) is 1.93. The Hall–Kier alpha value is -0.0300. The van der Waals surface area contributed by atoms with E-state index in [1.807, 2.05) is 0 Å². The van der Waals surface area contributed by atoms with Crippen molar-refractivity contribution < 1.29 is 9.53 Å². The summed E-state index contributed by atoms with van der Waals surface area (Å²) in [5, 5.41) is 2.64.